The van der Waals surface area contributed by atoms with Crippen LogP contribution in [0.5, 0.6) is 11.5 Å². The molecule has 1 aliphatic carbocycles. The number of nitrogens with one attached hydrogen (secondary N) is 1. The van der Waals surface area contributed by atoms with Gasteiger partial charge in [0.25, 0.3) is 5.56 Å². The zero-order valence-corrected chi connectivity index (χ0v) is 22.1. The van der Waals surface area contributed by atoms with Crippen molar-refractivity contribution in [2.45, 2.75) is 49.8 Å². The maximum atomic E-state index is 13.9. The molecule has 9 nitrogen and oxygen atoms in total. The highest BCUT2D eigenvalue weighted by Gasteiger charge is 2.20. The van der Waals surface area contributed by atoms with Gasteiger partial charge >= 0.3 is 0 Å². The zero-order chi connectivity index (χ0) is 25.9. The van der Waals surface area contributed by atoms with E-state index in [1.165, 1.54) is 18.2 Å². The Labute approximate surface area is 225 Å². The highest BCUT2D eigenvalue weighted by atomic mass is 32.2. The number of thioether (sulfide) groups is 1. The van der Waals surface area contributed by atoms with Gasteiger partial charge in [-0.3, -0.25) is 14.2 Å². The number of hydrogen-bond donors (Lipinski definition) is 1. The van der Waals surface area contributed by atoms with Crippen molar-refractivity contribution in [2.75, 3.05) is 43.7 Å². The van der Waals surface area contributed by atoms with Gasteiger partial charge in [-0.25, -0.2) is 4.98 Å². The molecule has 2 aromatic carbocycles. The number of aromatic nitrogens is 2. The van der Waals surface area contributed by atoms with Gasteiger partial charge in [0.05, 0.1) is 36.4 Å². The largest absolute Gasteiger partial charge is 0.454 e. The van der Waals surface area contributed by atoms with Crippen molar-refractivity contribution in [3.8, 4) is 11.5 Å². The van der Waals surface area contributed by atoms with E-state index in [2.05, 4.69) is 10.2 Å². The smallest absolute Gasteiger partial charge is 0.262 e. The Balaban J connectivity index is 1.30. The molecule has 2 fully saturated rings. The van der Waals surface area contributed by atoms with Crippen LogP contribution in [0.3, 0.4) is 0 Å². The molecule has 2 aliphatic heterocycles. The third-order valence-electron chi connectivity index (χ3n) is 7.36. The lowest BCUT2D eigenvalue weighted by atomic mass is 9.95. The molecule has 1 saturated carbocycles. The monoisotopic (exact) mass is 536 g/mol. The Bertz CT molecular complexity index is 1380. The van der Waals surface area contributed by atoms with Gasteiger partial charge < -0.3 is 24.4 Å². The lowest BCUT2D eigenvalue weighted by molar-refractivity contribution is -0.119. The Kier molecular flexibility index (Phi) is 7.42. The molecule has 0 atom stereocenters. The molecule has 200 valence electrons. The van der Waals surface area contributed by atoms with E-state index in [9.17, 15) is 9.59 Å². The van der Waals surface area contributed by atoms with Gasteiger partial charge in [-0.05, 0) is 48.7 Å². The molecule has 6 rings (SSSR count). The molecule has 0 spiro atoms. The van der Waals surface area contributed by atoms with Gasteiger partial charge in [0, 0.05) is 24.8 Å². The normalized spacial score (nSPS) is 17.6. The van der Waals surface area contributed by atoms with E-state index in [0.29, 0.717) is 47.3 Å². The highest BCUT2D eigenvalue weighted by Crippen LogP contribution is 2.33. The fraction of sp³-hybridized carbons (Fsp3) is 0.464. The van der Waals surface area contributed by atoms with E-state index in [-0.39, 0.29) is 30.1 Å². The van der Waals surface area contributed by atoms with Crippen LogP contribution in [-0.4, -0.2) is 60.3 Å². The molecule has 38 heavy (non-hydrogen) atoms. The summed E-state index contributed by atoms with van der Waals surface area (Å²) in [6.45, 7) is 3.42. The standard InChI is InChI=1S/C28H32N4O5S/c33-26(29-20-4-2-1-3-5-20)17-38-28-30-23-8-7-21(31-10-12-35-13-11-31)15-22(23)27(34)32(28)16-19-6-9-24-25(14-19)37-18-36-24/h6-9,14-15,20H,1-5,10-13,16-18H2,(H,29,33). The predicted octanol–water partition coefficient (Wildman–Crippen LogP) is 3.55. The van der Waals surface area contributed by atoms with Crippen molar-refractivity contribution in [3.63, 3.8) is 0 Å². The van der Waals surface area contributed by atoms with Crippen molar-refractivity contribution >= 4 is 34.3 Å². The summed E-state index contributed by atoms with van der Waals surface area (Å²) >= 11 is 1.31. The molecule has 1 aromatic heterocycles. The number of fused-ring (bicyclic) bond motifs is 2. The Morgan fingerprint density at radius 1 is 1.03 bits per heavy atom. The first-order valence-corrected chi connectivity index (χ1v) is 14.3. The topological polar surface area (TPSA) is 94.9 Å². The number of nitrogens with zero attached hydrogens (tertiary/aromatic N) is 3. The lowest BCUT2D eigenvalue weighted by Crippen LogP contribution is -2.37. The van der Waals surface area contributed by atoms with Crippen LogP contribution in [0, 0.1) is 0 Å². The van der Waals surface area contributed by atoms with Gasteiger partial charge in [0.2, 0.25) is 12.7 Å². The van der Waals surface area contributed by atoms with E-state index in [1.54, 1.807) is 4.57 Å². The number of benzene rings is 2. The average Bonchev–Trinajstić information content (AvgIpc) is 3.42. The molecule has 0 bridgehead atoms. The van der Waals surface area contributed by atoms with Gasteiger partial charge in [0.1, 0.15) is 0 Å². The van der Waals surface area contributed by atoms with Crippen LogP contribution in [0.2, 0.25) is 0 Å². The number of rotatable bonds is 7. The molecule has 10 heteroatoms. The van der Waals surface area contributed by atoms with Crippen LogP contribution in [0.4, 0.5) is 5.69 Å². The fourth-order valence-electron chi connectivity index (χ4n) is 5.32. The average molecular weight is 537 g/mol. The third kappa shape index (κ3) is 5.47. The molecule has 0 radical (unpaired) electrons. The Hall–Kier alpha value is -3.24. The second kappa shape index (κ2) is 11.2. The van der Waals surface area contributed by atoms with Crippen LogP contribution < -0.4 is 25.2 Å². The predicted molar refractivity (Wildman–Crippen MR) is 146 cm³/mol. The van der Waals surface area contributed by atoms with Crippen LogP contribution >= 0.6 is 11.8 Å². The molecule has 3 aromatic rings. The lowest BCUT2D eigenvalue weighted by Gasteiger charge is -2.29. The number of hydrogen-bond acceptors (Lipinski definition) is 8. The summed E-state index contributed by atoms with van der Waals surface area (Å²) < 4.78 is 18.1. The zero-order valence-electron chi connectivity index (χ0n) is 21.3. The van der Waals surface area contributed by atoms with Crippen LogP contribution in [0.25, 0.3) is 10.9 Å². The molecule has 0 unspecified atom stereocenters. The van der Waals surface area contributed by atoms with E-state index < -0.39 is 0 Å². The van der Waals surface area contributed by atoms with E-state index in [4.69, 9.17) is 19.2 Å². The summed E-state index contributed by atoms with van der Waals surface area (Å²) in [6.07, 6.45) is 5.62. The van der Waals surface area contributed by atoms with E-state index in [1.807, 2.05) is 36.4 Å². The Morgan fingerprint density at radius 2 is 1.84 bits per heavy atom. The fourth-order valence-corrected chi connectivity index (χ4v) is 6.13. The number of morpholine rings is 1. The maximum Gasteiger partial charge on any atom is 0.262 e. The summed E-state index contributed by atoms with van der Waals surface area (Å²) in [5, 5.41) is 4.25. The van der Waals surface area contributed by atoms with Crippen LogP contribution in [-0.2, 0) is 16.1 Å². The quantitative estimate of drug-likeness (QED) is 0.362. The molecule has 1 saturated heterocycles. The number of amides is 1. The minimum Gasteiger partial charge on any atom is -0.454 e. The highest BCUT2D eigenvalue weighted by molar-refractivity contribution is 7.99. The number of anilines is 1. The number of ether oxygens (including phenoxy) is 3. The SMILES string of the molecule is O=C(CSc1nc2ccc(N3CCOCC3)cc2c(=O)n1Cc1ccc2c(c1)OCO2)NC1CCCCC1. The first kappa shape index (κ1) is 25.1. The molecule has 3 heterocycles. The minimum absolute atomic E-state index is 0.0199. The minimum atomic E-state index is -0.127. The van der Waals surface area contributed by atoms with Gasteiger partial charge in [0.15, 0.2) is 16.7 Å². The number of carbonyl (C=O) groups is 1. The van der Waals surface area contributed by atoms with Crippen LogP contribution in [0.1, 0.15) is 37.7 Å². The second-order valence-corrected chi connectivity index (χ2v) is 10.9. The summed E-state index contributed by atoms with van der Waals surface area (Å²) in [7, 11) is 0. The maximum absolute atomic E-state index is 13.9. The van der Waals surface area contributed by atoms with Crippen molar-refractivity contribution in [1.82, 2.24) is 14.9 Å². The molecule has 1 N–H and O–H groups in total. The molecular formula is C28H32N4O5S. The van der Waals surface area contributed by atoms with Crippen LogP contribution in [0.15, 0.2) is 46.3 Å². The molecular weight excluding hydrogens is 504 g/mol. The van der Waals surface area contributed by atoms with Gasteiger partial charge in [-0.15, -0.1) is 0 Å². The summed E-state index contributed by atoms with van der Waals surface area (Å²) in [5.74, 6) is 1.55. The van der Waals surface area contributed by atoms with Gasteiger partial charge in [-0.1, -0.05) is 37.1 Å². The van der Waals surface area contributed by atoms with Crippen molar-refractivity contribution in [2.24, 2.45) is 0 Å². The summed E-state index contributed by atoms with van der Waals surface area (Å²) in [4.78, 5) is 33.7. The van der Waals surface area contributed by atoms with Gasteiger partial charge in [-0.2, -0.15) is 0 Å². The van der Waals surface area contributed by atoms with Crippen molar-refractivity contribution in [3.05, 3.63) is 52.3 Å². The first-order chi connectivity index (χ1) is 18.6. The van der Waals surface area contributed by atoms with Crippen molar-refractivity contribution in [1.29, 1.82) is 0 Å². The van der Waals surface area contributed by atoms with E-state index >= 15 is 0 Å². The first-order valence-electron chi connectivity index (χ1n) is 13.3. The van der Waals surface area contributed by atoms with Crippen molar-refractivity contribution < 1.29 is 19.0 Å². The second-order valence-electron chi connectivity index (χ2n) is 9.97. The number of carbonyl (C=O) groups excluding carboxylic acids is 1. The van der Waals surface area contributed by atoms with E-state index in [0.717, 1.165) is 50.0 Å². The summed E-state index contributed by atoms with van der Waals surface area (Å²) in [5.41, 5.74) is 2.39. The molecule has 3 aliphatic rings. The third-order valence-corrected chi connectivity index (χ3v) is 8.34. The Morgan fingerprint density at radius 3 is 2.68 bits per heavy atom. The summed E-state index contributed by atoms with van der Waals surface area (Å²) in [6, 6.07) is 11.8. The molecule has 1 amide bonds.